The molecule has 1 heterocycles. The van der Waals surface area contributed by atoms with Crippen molar-refractivity contribution in [3.05, 3.63) is 54.1 Å². The second kappa shape index (κ2) is 3.90. The molecule has 0 radical (unpaired) electrons. The highest BCUT2D eigenvalue weighted by molar-refractivity contribution is 5.78. The number of nitrogen functional groups attached to an aromatic ring is 1. The third kappa shape index (κ3) is 1.85. The topological polar surface area (TPSA) is 56.7 Å². The van der Waals surface area contributed by atoms with Gasteiger partial charge >= 0.3 is 0 Å². The van der Waals surface area contributed by atoms with Crippen LogP contribution in [0, 0.1) is 0 Å². The first kappa shape index (κ1) is 9.84. The van der Waals surface area contributed by atoms with Gasteiger partial charge in [0.1, 0.15) is 5.52 Å². The summed E-state index contributed by atoms with van der Waals surface area (Å²) in [6.45, 7) is 0.709. The van der Waals surface area contributed by atoms with Crippen molar-refractivity contribution in [3.63, 3.8) is 0 Å². The molecule has 0 unspecified atom stereocenters. The summed E-state index contributed by atoms with van der Waals surface area (Å²) in [7, 11) is 0. The van der Waals surface area contributed by atoms with Gasteiger partial charge in [0.25, 0.3) is 0 Å². The van der Waals surface area contributed by atoms with Gasteiger partial charge in [-0.1, -0.05) is 35.5 Å². The minimum Gasteiger partial charge on any atom is -0.399 e. The van der Waals surface area contributed by atoms with E-state index in [0.717, 1.165) is 16.7 Å². The standard InChI is InChI=1S/C13H12N4/c14-11-6-7-12-13(8-11)17(16-15-12)9-10-4-2-1-3-5-10/h1-8H,9,14H2. The molecule has 2 aromatic carbocycles. The van der Waals surface area contributed by atoms with Crippen LogP contribution in [0.2, 0.25) is 0 Å². The third-order valence-electron chi connectivity index (χ3n) is 2.71. The van der Waals surface area contributed by atoms with Gasteiger partial charge in [-0.25, -0.2) is 4.68 Å². The molecular formula is C13H12N4. The molecule has 17 heavy (non-hydrogen) atoms. The van der Waals surface area contributed by atoms with Crippen LogP contribution in [-0.4, -0.2) is 15.0 Å². The van der Waals surface area contributed by atoms with E-state index in [2.05, 4.69) is 22.4 Å². The van der Waals surface area contributed by atoms with Crippen LogP contribution in [0.5, 0.6) is 0 Å². The van der Waals surface area contributed by atoms with Crippen LogP contribution in [0.1, 0.15) is 5.56 Å². The molecule has 0 spiro atoms. The van der Waals surface area contributed by atoms with Crippen molar-refractivity contribution in [1.29, 1.82) is 0 Å². The van der Waals surface area contributed by atoms with E-state index >= 15 is 0 Å². The Balaban J connectivity index is 2.03. The Morgan fingerprint density at radius 1 is 1.06 bits per heavy atom. The lowest BCUT2D eigenvalue weighted by Gasteiger charge is -2.02. The fourth-order valence-electron chi connectivity index (χ4n) is 1.86. The van der Waals surface area contributed by atoms with E-state index in [0.29, 0.717) is 6.54 Å². The van der Waals surface area contributed by atoms with Crippen LogP contribution >= 0.6 is 0 Å². The summed E-state index contributed by atoms with van der Waals surface area (Å²) >= 11 is 0. The zero-order valence-corrected chi connectivity index (χ0v) is 9.24. The van der Waals surface area contributed by atoms with Crippen molar-refractivity contribution >= 4 is 16.7 Å². The first-order chi connectivity index (χ1) is 8.33. The second-order valence-electron chi connectivity index (χ2n) is 3.98. The molecule has 3 rings (SSSR count). The highest BCUT2D eigenvalue weighted by atomic mass is 15.4. The number of benzene rings is 2. The molecule has 0 aliphatic rings. The molecule has 0 amide bonds. The zero-order valence-electron chi connectivity index (χ0n) is 9.24. The predicted molar refractivity (Wildman–Crippen MR) is 67.5 cm³/mol. The molecule has 0 aliphatic heterocycles. The lowest BCUT2D eigenvalue weighted by molar-refractivity contribution is 0.670. The van der Waals surface area contributed by atoms with Crippen LogP contribution in [-0.2, 0) is 6.54 Å². The molecule has 2 N–H and O–H groups in total. The Morgan fingerprint density at radius 2 is 1.88 bits per heavy atom. The van der Waals surface area contributed by atoms with Crippen molar-refractivity contribution in [3.8, 4) is 0 Å². The predicted octanol–water partition coefficient (Wildman–Crippen LogP) is 2.06. The Morgan fingerprint density at radius 3 is 2.71 bits per heavy atom. The molecule has 84 valence electrons. The van der Waals surface area contributed by atoms with Gasteiger partial charge < -0.3 is 5.73 Å². The van der Waals surface area contributed by atoms with Gasteiger partial charge in [0, 0.05) is 5.69 Å². The summed E-state index contributed by atoms with van der Waals surface area (Å²) in [5.74, 6) is 0. The molecular weight excluding hydrogens is 212 g/mol. The molecule has 1 aromatic heterocycles. The SMILES string of the molecule is Nc1ccc2nnn(Cc3ccccc3)c2c1. The number of hydrogen-bond acceptors (Lipinski definition) is 3. The number of rotatable bonds is 2. The summed E-state index contributed by atoms with van der Waals surface area (Å²) in [5, 5.41) is 8.26. The normalized spacial score (nSPS) is 10.8. The maximum atomic E-state index is 5.78. The van der Waals surface area contributed by atoms with E-state index in [1.165, 1.54) is 5.56 Å². The number of fused-ring (bicyclic) bond motifs is 1. The van der Waals surface area contributed by atoms with Gasteiger partial charge in [-0.3, -0.25) is 0 Å². The second-order valence-corrected chi connectivity index (χ2v) is 3.98. The average Bonchev–Trinajstić information content (AvgIpc) is 2.73. The lowest BCUT2D eigenvalue weighted by Crippen LogP contribution is -2.01. The van der Waals surface area contributed by atoms with E-state index < -0.39 is 0 Å². The van der Waals surface area contributed by atoms with Crippen molar-refractivity contribution in [2.45, 2.75) is 6.54 Å². The third-order valence-corrected chi connectivity index (χ3v) is 2.71. The number of hydrogen-bond donors (Lipinski definition) is 1. The summed E-state index contributed by atoms with van der Waals surface area (Å²) < 4.78 is 1.86. The molecule has 0 fully saturated rings. The molecule has 0 saturated carbocycles. The van der Waals surface area contributed by atoms with Crippen molar-refractivity contribution in [1.82, 2.24) is 15.0 Å². The first-order valence-corrected chi connectivity index (χ1v) is 5.45. The van der Waals surface area contributed by atoms with Crippen LogP contribution in [0.15, 0.2) is 48.5 Å². The van der Waals surface area contributed by atoms with Gasteiger partial charge in [-0.05, 0) is 23.8 Å². The minimum absolute atomic E-state index is 0.709. The Bertz CT molecular complexity index is 643. The Hall–Kier alpha value is -2.36. The molecule has 0 saturated heterocycles. The summed E-state index contributed by atoms with van der Waals surface area (Å²) in [6.07, 6.45) is 0. The van der Waals surface area contributed by atoms with Crippen molar-refractivity contribution < 1.29 is 0 Å². The lowest BCUT2D eigenvalue weighted by atomic mass is 10.2. The van der Waals surface area contributed by atoms with Gasteiger partial charge in [0.2, 0.25) is 0 Å². The van der Waals surface area contributed by atoms with E-state index in [4.69, 9.17) is 5.73 Å². The molecule has 3 aromatic rings. The maximum absolute atomic E-state index is 5.78. The monoisotopic (exact) mass is 224 g/mol. The highest BCUT2D eigenvalue weighted by Gasteiger charge is 2.04. The van der Waals surface area contributed by atoms with E-state index in [-0.39, 0.29) is 0 Å². The van der Waals surface area contributed by atoms with E-state index in [9.17, 15) is 0 Å². The maximum Gasteiger partial charge on any atom is 0.113 e. The molecule has 4 heteroatoms. The van der Waals surface area contributed by atoms with Gasteiger partial charge in [-0.15, -0.1) is 5.10 Å². The highest BCUT2D eigenvalue weighted by Crippen LogP contribution is 2.15. The number of aromatic nitrogens is 3. The van der Waals surface area contributed by atoms with Crippen LogP contribution in [0.3, 0.4) is 0 Å². The number of nitrogens with two attached hydrogens (primary N) is 1. The first-order valence-electron chi connectivity index (χ1n) is 5.45. The van der Waals surface area contributed by atoms with Gasteiger partial charge in [0.05, 0.1) is 12.1 Å². The van der Waals surface area contributed by atoms with Crippen molar-refractivity contribution in [2.24, 2.45) is 0 Å². The Labute approximate surface area is 98.7 Å². The summed E-state index contributed by atoms with van der Waals surface area (Å²) in [4.78, 5) is 0. The van der Waals surface area contributed by atoms with Crippen LogP contribution in [0.25, 0.3) is 11.0 Å². The Kier molecular flexibility index (Phi) is 2.26. The zero-order chi connectivity index (χ0) is 11.7. The number of nitrogens with zero attached hydrogens (tertiary/aromatic N) is 3. The average molecular weight is 224 g/mol. The largest absolute Gasteiger partial charge is 0.399 e. The van der Waals surface area contributed by atoms with E-state index in [1.54, 1.807) is 0 Å². The van der Waals surface area contributed by atoms with Crippen molar-refractivity contribution in [2.75, 3.05) is 5.73 Å². The fraction of sp³-hybridized carbons (Fsp3) is 0.0769. The molecule has 0 aliphatic carbocycles. The van der Waals surface area contributed by atoms with E-state index in [1.807, 2.05) is 41.1 Å². The van der Waals surface area contributed by atoms with Crippen LogP contribution < -0.4 is 5.73 Å². The van der Waals surface area contributed by atoms with Gasteiger partial charge in [0.15, 0.2) is 0 Å². The fourth-order valence-corrected chi connectivity index (χ4v) is 1.86. The minimum atomic E-state index is 0.709. The molecule has 4 nitrogen and oxygen atoms in total. The van der Waals surface area contributed by atoms with Gasteiger partial charge in [-0.2, -0.15) is 0 Å². The molecule has 0 atom stereocenters. The smallest absolute Gasteiger partial charge is 0.113 e. The quantitative estimate of drug-likeness (QED) is 0.678. The summed E-state index contributed by atoms with van der Waals surface area (Å²) in [5.41, 5.74) is 9.54. The van der Waals surface area contributed by atoms with Crippen LogP contribution in [0.4, 0.5) is 5.69 Å². The summed E-state index contributed by atoms with van der Waals surface area (Å²) in [6, 6.07) is 15.8. The molecule has 0 bridgehead atoms. The number of anilines is 1.